The minimum Gasteiger partial charge on any atom is -0.444 e. The molecule has 1 aliphatic heterocycles. The van der Waals surface area contributed by atoms with E-state index in [1.807, 2.05) is 61.0 Å². The van der Waals surface area contributed by atoms with Crippen LogP contribution < -0.4 is 15.1 Å². The molecule has 2 aromatic carbocycles. The maximum atomic E-state index is 13.5. The Hall–Kier alpha value is -4.16. The number of nitrogens with zero attached hydrogens (tertiary/aromatic N) is 5. The zero-order valence-electron chi connectivity index (χ0n) is 26.8. The van der Waals surface area contributed by atoms with Gasteiger partial charge in [-0.1, -0.05) is 51.4 Å². The van der Waals surface area contributed by atoms with Crippen molar-refractivity contribution in [3.63, 3.8) is 0 Å². The summed E-state index contributed by atoms with van der Waals surface area (Å²) in [5, 5.41) is 8.18. The van der Waals surface area contributed by atoms with Crippen LogP contribution in [0.25, 0.3) is 22.0 Å². The van der Waals surface area contributed by atoms with Crippen molar-refractivity contribution >= 4 is 68.0 Å². The quantitative estimate of drug-likeness (QED) is 0.140. The number of carbonyl (C=O) groups is 2. The number of fused-ring (bicyclic) bond motifs is 5. The van der Waals surface area contributed by atoms with E-state index >= 15 is 0 Å². The molecule has 0 unspecified atom stereocenters. The fourth-order valence-corrected chi connectivity index (χ4v) is 6.70. The number of nitrogens with one attached hydrogen (secondary N) is 1. The number of rotatable bonds is 8. The van der Waals surface area contributed by atoms with Crippen LogP contribution in [0.1, 0.15) is 38.3 Å². The van der Waals surface area contributed by atoms with E-state index in [2.05, 4.69) is 53.3 Å². The molecular weight excluding hydrogens is 680 g/mol. The highest BCUT2D eigenvalue weighted by molar-refractivity contribution is 9.10. The molecule has 0 radical (unpaired) electrons. The van der Waals surface area contributed by atoms with Crippen molar-refractivity contribution in [2.45, 2.75) is 38.8 Å². The molecule has 2 aliphatic rings. The number of amides is 1. The molecule has 0 bridgehead atoms. The lowest BCUT2D eigenvalue weighted by atomic mass is 10.0. The third-order valence-electron chi connectivity index (χ3n) is 7.98. The Kier molecular flexibility index (Phi) is 9.70. The Morgan fingerprint density at radius 3 is 2.43 bits per heavy atom. The summed E-state index contributed by atoms with van der Waals surface area (Å²) in [5.74, 6) is 1.71. The number of hydrogen-bond donors (Lipinski definition) is 1. The predicted molar refractivity (Wildman–Crippen MR) is 191 cm³/mol. The standard InChI is InChI=1S/C35H37BrN6O4S/c1-35(2,3)45-34(44)39-27(14-20-47-4)33(43)46-40-31-24-10-6-5-9-23(24)29-25-21-22(36)12-13-26(25)38-32(30(29)31)42-18-16-41(17-19-42)28-11-7-8-15-37-28/h5-13,15,21,27H,14,16-20H2,1-4H3,(H,39,44)/b40-31+/t27-/m0/s1. The van der Waals surface area contributed by atoms with Crippen LogP contribution >= 0.6 is 27.7 Å². The molecule has 244 valence electrons. The smallest absolute Gasteiger partial charge is 0.408 e. The van der Waals surface area contributed by atoms with Crippen molar-refractivity contribution in [2.75, 3.05) is 48.0 Å². The summed E-state index contributed by atoms with van der Waals surface area (Å²) in [6.45, 7) is 8.30. The number of anilines is 2. The largest absolute Gasteiger partial charge is 0.444 e. The second kappa shape index (κ2) is 13.9. The van der Waals surface area contributed by atoms with Crippen LogP contribution in [0.3, 0.4) is 0 Å². The molecule has 0 saturated carbocycles. The lowest BCUT2D eigenvalue weighted by Crippen LogP contribution is -2.47. The predicted octanol–water partition coefficient (Wildman–Crippen LogP) is 6.64. The summed E-state index contributed by atoms with van der Waals surface area (Å²) < 4.78 is 6.35. The normalized spacial score (nSPS) is 15.7. The number of pyridine rings is 2. The molecule has 6 rings (SSSR count). The molecule has 1 fully saturated rings. The maximum absolute atomic E-state index is 13.5. The van der Waals surface area contributed by atoms with E-state index in [0.29, 0.717) is 17.9 Å². The fourth-order valence-electron chi connectivity index (χ4n) is 5.87. The van der Waals surface area contributed by atoms with Crippen molar-refractivity contribution in [2.24, 2.45) is 5.16 Å². The number of hydrogen-bond acceptors (Lipinski definition) is 10. The van der Waals surface area contributed by atoms with Gasteiger partial charge in [0.15, 0.2) is 0 Å². The Labute approximate surface area is 287 Å². The van der Waals surface area contributed by atoms with Crippen LogP contribution in [-0.2, 0) is 14.4 Å². The SMILES string of the molecule is CSCC[C@H](NC(=O)OC(C)(C)C)C(=O)O/N=C1\c2ccccc2-c2c1c(N1CCN(c3ccccn3)CC1)nc1ccc(Br)cc21. The molecular formula is C35H37BrN6O4S. The number of thioether (sulfide) groups is 1. The molecule has 1 atom stereocenters. The Balaban J connectivity index is 1.38. The molecule has 3 heterocycles. The molecule has 2 aromatic heterocycles. The van der Waals surface area contributed by atoms with Gasteiger partial charge in [-0.05, 0) is 75.1 Å². The van der Waals surface area contributed by atoms with E-state index in [4.69, 9.17) is 14.6 Å². The molecule has 1 N–H and O–H groups in total. The highest BCUT2D eigenvalue weighted by Gasteiger charge is 2.35. The Morgan fingerprint density at radius 1 is 1.00 bits per heavy atom. The van der Waals surface area contributed by atoms with Gasteiger partial charge in [0.2, 0.25) is 0 Å². The molecule has 10 nitrogen and oxygen atoms in total. The van der Waals surface area contributed by atoms with Gasteiger partial charge in [-0.3, -0.25) is 0 Å². The minimum absolute atomic E-state index is 0.364. The van der Waals surface area contributed by atoms with E-state index in [0.717, 1.165) is 75.4 Å². The van der Waals surface area contributed by atoms with Gasteiger partial charge < -0.3 is 24.7 Å². The number of oxime groups is 1. The summed E-state index contributed by atoms with van der Waals surface area (Å²) in [6.07, 6.45) is 3.44. The summed E-state index contributed by atoms with van der Waals surface area (Å²) in [5.41, 5.74) is 4.33. The zero-order valence-corrected chi connectivity index (χ0v) is 29.2. The molecule has 12 heteroatoms. The minimum atomic E-state index is -0.928. The van der Waals surface area contributed by atoms with Gasteiger partial charge in [-0.15, -0.1) is 0 Å². The van der Waals surface area contributed by atoms with Gasteiger partial charge in [0, 0.05) is 53.4 Å². The Morgan fingerprint density at radius 2 is 1.72 bits per heavy atom. The number of ether oxygens (including phenoxy) is 1. The summed E-state index contributed by atoms with van der Waals surface area (Å²) >= 11 is 5.22. The molecule has 0 spiro atoms. The maximum Gasteiger partial charge on any atom is 0.408 e. The Bertz CT molecular complexity index is 1820. The summed E-state index contributed by atoms with van der Waals surface area (Å²) in [6, 6.07) is 19.1. The molecule has 1 amide bonds. The third kappa shape index (κ3) is 7.23. The molecule has 1 saturated heterocycles. The lowest BCUT2D eigenvalue weighted by molar-refractivity contribution is -0.146. The highest BCUT2D eigenvalue weighted by Crippen LogP contribution is 2.46. The first-order chi connectivity index (χ1) is 22.6. The van der Waals surface area contributed by atoms with Crippen molar-refractivity contribution < 1.29 is 19.2 Å². The van der Waals surface area contributed by atoms with Gasteiger partial charge in [0.1, 0.15) is 29.0 Å². The van der Waals surface area contributed by atoms with E-state index in [9.17, 15) is 9.59 Å². The first-order valence-electron chi connectivity index (χ1n) is 15.5. The molecule has 47 heavy (non-hydrogen) atoms. The topological polar surface area (TPSA) is 109 Å². The first kappa shape index (κ1) is 32.8. The van der Waals surface area contributed by atoms with Gasteiger partial charge >= 0.3 is 12.1 Å². The number of halogens is 1. The van der Waals surface area contributed by atoms with E-state index in [1.54, 1.807) is 32.5 Å². The third-order valence-corrected chi connectivity index (χ3v) is 9.12. The van der Waals surface area contributed by atoms with Gasteiger partial charge in [-0.2, -0.15) is 11.8 Å². The van der Waals surface area contributed by atoms with Crippen LogP contribution in [-0.4, -0.2) is 77.6 Å². The van der Waals surface area contributed by atoms with Crippen molar-refractivity contribution in [3.8, 4) is 11.1 Å². The average molecular weight is 718 g/mol. The van der Waals surface area contributed by atoms with E-state index in [1.165, 1.54) is 0 Å². The van der Waals surface area contributed by atoms with Crippen LogP contribution in [0.2, 0.25) is 0 Å². The second-order valence-corrected chi connectivity index (χ2v) is 14.3. The van der Waals surface area contributed by atoms with Crippen LogP contribution in [0.4, 0.5) is 16.4 Å². The summed E-state index contributed by atoms with van der Waals surface area (Å²) in [7, 11) is 0. The zero-order chi connectivity index (χ0) is 33.1. The number of alkyl carbamates (subject to hydrolysis) is 1. The van der Waals surface area contributed by atoms with E-state index < -0.39 is 23.7 Å². The van der Waals surface area contributed by atoms with Crippen molar-refractivity contribution in [1.29, 1.82) is 0 Å². The van der Waals surface area contributed by atoms with Gasteiger partial charge in [0.05, 0.1) is 11.1 Å². The second-order valence-electron chi connectivity index (χ2n) is 12.4. The highest BCUT2D eigenvalue weighted by atomic mass is 79.9. The molecule has 4 aromatic rings. The van der Waals surface area contributed by atoms with Gasteiger partial charge in [-0.25, -0.2) is 19.6 Å². The van der Waals surface area contributed by atoms with Crippen LogP contribution in [0.5, 0.6) is 0 Å². The van der Waals surface area contributed by atoms with Crippen molar-refractivity contribution in [3.05, 3.63) is 82.5 Å². The molecule has 1 aliphatic carbocycles. The van der Waals surface area contributed by atoms with Gasteiger partial charge in [0.25, 0.3) is 0 Å². The van der Waals surface area contributed by atoms with Crippen LogP contribution in [0.15, 0.2) is 76.5 Å². The number of aromatic nitrogens is 2. The average Bonchev–Trinajstić information content (AvgIpc) is 3.39. The van der Waals surface area contributed by atoms with Crippen molar-refractivity contribution in [1.82, 2.24) is 15.3 Å². The lowest BCUT2D eigenvalue weighted by Gasteiger charge is -2.37. The van der Waals surface area contributed by atoms with Crippen LogP contribution in [0, 0.1) is 0 Å². The number of piperazine rings is 1. The number of benzene rings is 2. The fraction of sp³-hybridized carbons (Fsp3) is 0.343. The monoisotopic (exact) mass is 716 g/mol. The van der Waals surface area contributed by atoms with E-state index in [-0.39, 0.29) is 0 Å². The number of carbonyl (C=O) groups excluding carboxylic acids is 2. The first-order valence-corrected chi connectivity index (χ1v) is 17.7. The summed E-state index contributed by atoms with van der Waals surface area (Å²) in [4.78, 5) is 46.0.